The van der Waals surface area contributed by atoms with Gasteiger partial charge in [0.2, 0.25) is 0 Å². The summed E-state index contributed by atoms with van der Waals surface area (Å²) in [7, 11) is 0. The molecule has 7 atom stereocenters. The second-order valence-electron chi connectivity index (χ2n) is 9.48. The van der Waals surface area contributed by atoms with E-state index in [1.807, 2.05) is 25.2 Å². The van der Waals surface area contributed by atoms with Gasteiger partial charge >= 0.3 is 0 Å². The zero-order valence-corrected chi connectivity index (χ0v) is 16.4. The Morgan fingerprint density at radius 2 is 2.08 bits per heavy atom. The van der Waals surface area contributed by atoms with E-state index in [-0.39, 0.29) is 5.41 Å². The lowest BCUT2D eigenvalue weighted by Gasteiger charge is -2.56. The third-order valence-corrected chi connectivity index (χ3v) is 8.32. The van der Waals surface area contributed by atoms with Gasteiger partial charge in [-0.3, -0.25) is 4.79 Å². The highest BCUT2D eigenvalue weighted by Gasteiger charge is 2.63. The molecule has 26 heavy (non-hydrogen) atoms. The molecule has 4 rings (SSSR count). The average Bonchev–Trinajstić information content (AvgIpc) is 2.86. The molecule has 4 aliphatic carbocycles. The number of fused-ring (bicyclic) bond motifs is 5. The van der Waals surface area contributed by atoms with Crippen LogP contribution in [0.5, 0.6) is 0 Å². The molecule has 4 unspecified atom stereocenters. The molecule has 4 aliphatic rings. The highest BCUT2D eigenvalue weighted by molar-refractivity contribution is 5.91. The maximum Gasteiger partial charge on any atom is 0.155 e. The van der Waals surface area contributed by atoms with Crippen LogP contribution in [0.4, 0.5) is 0 Å². The van der Waals surface area contributed by atoms with Crippen LogP contribution in [0, 0.1) is 46.8 Å². The van der Waals surface area contributed by atoms with E-state index in [4.69, 9.17) is 0 Å². The first-order valence-electron chi connectivity index (χ1n) is 10.5. The molecule has 0 bridgehead atoms. The standard InChI is InChI=1S/C24H32O2/c1-4-5-6-11-24(26)13-10-21-22-16(2)14-17-15-18(25)7-8-19(17)20(22)9-12-23(21,24)3/h4-5,15-16,19-22,26H,7-10,12-14H2,1-3H3/b5-4+/t16-,19?,20?,21?,22?,23+,24+/m1/s1. The van der Waals surface area contributed by atoms with E-state index in [1.165, 1.54) is 12.0 Å². The maximum absolute atomic E-state index is 11.9. The van der Waals surface area contributed by atoms with Crippen LogP contribution in [-0.2, 0) is 4.79 Å². The van der Waals surface area contributed by atoms with Crippen molar-refractivity contribution in [1.82, 2.24) is 0 Å². The minimum Gasteiger partial charge on any atom is -0.377 e. The topological polar surface area (TPSA) is 37.3 Å². The van der Waals surface area contributed by atoms with Crippen molar-refractivity contribution in [2.45, 2.75) is 71.3 Å². The molecule has 2 nitrogen and oxygen atoms in total. The molecular weight excluding hydrogens is 320 g/mol. The summed E-state index contributed by atoms with van der Waals surface area (Å²) >= 11 is 0. The summed E-state index contributed by atoms with van der Waals surface area (Å²) in [6, 6.07) is 0. The Balaban J connectivity index is 1.66. The third-order valence-electron chi connectivity index (χ3n) is 8.32. The van der Waals surface area contributed by atoms with E-state index in [9.17, 15) is 9.90 Å². The minimum absolute atomic E-state index is 0.0945. The smallest absolute Gasteiger partial charge is 0.155 e. The molecule has 140 valence electrons. The lowest BCUT2D eigenvalue weighted by Crippen LogP contribution is -2.54. The fourth-order valence-electron chi connectivity index (χ4n) is 7.06. The summed E-state index contributed by atoms with van der Waals surface area (Å²) in [5.74, 6) is 9.78. The van der Waals surface area contributed by atoms with Gasteiger partial charge in [0.05, 0.1) is 0 Å². The number of hydrogen-bond donors (Lipinski definition) is 1. The summed E-state index contributed by atoms with van der Waals surface area (Å²) in [4.78, 5) is 11.9. The quantitative estimate of drug-likeness (QED) is 0.643. The summed E-state index contributed by atoms with van der Waals surface area (Å²) in [6.45, 7) is 6.64. The fraction of sp³-hybridized carbons (Fsp3) is 0.708. The molecule has 0 spiro atoms. The number of hydrogen-bond acceptors (Lipinski definition) is 2. The van der Waals surface area contributed by atoms with Gasteiger partial charge in [0.1, 0.15) is 5.60 Å². The van der Waals surface area contributed by atoms with Crippen LogP contribution >= 0.6 is 0 Å². The lowest BCUT2D eigenvalue weighted by atomic mass is 9.48. The maximum atomic E-state index is 11.9. The van der Waals surface area contributed by atoms with Crippen LogP contribution in [0.1, 0.15) is 65.7 Å². The molecule has 0 aromatic heterocycles. The fourth-order valence-corrected chi connectivity index (χ4v) is 7.06. The normalized spacial score (nSPS) is 47.5. The molecular formula is C24H32O2. The monoisotopic (exact) mass is 352 g/mol. The summed E-state index contributed by atoms with van der Waals surface area (Å²) in [5, 5.41) is 11.5. The largest absolute Gasteiger partial charge is 0.377 e. The van der Waals surface area contributed by atoms with Crippen molar-refractivity contribution in [3.8, 4) is 11.8 Å². The number of aliphatic hydroxyl groups is 1. The Kier molecular flexibility index (Phi) is 4.43. The van der Waals surface area contributed by atoms with Gasteiger partial charge in [0, 0.05) is 11.8 Å². The van der Waals surface area contributed by atoms with Crippen LogP contribution in [0.25, 0.3) is 0 Å². The van der Waals surface area contributed by atoms with E-state index in [0.29, 0.717) is 35.4 Å². The predicted octanol–water partition coefficient (Wildman–Crippen LogP) is 4.68. The van der Waals surface area contributed by atoms with Gasteiger partial charge in [0.25, 0.3) is 0 Å². The van der Waals surface area contributed by atoms with Gasteiger partial charge in [-0.05, 0) is 87.2 Å². The zero-order valence-electron chi connectivity index (χ0n) is 16.4. The van der Waals surface area contributed by atoms with Crippen molar-refractivity contribution in [3.63, 3.8) is 0 Å². The van der Waals surface area contributed by atoms with Crippen LogP contribution in [0.15, 0.2) is 23.8 Å². The summed E-state index contributed by atoms with van der Waals surface area (Å²) in [5.41, 5.74) is 0.489. The van der Waals surface area contributed by atoms with Gasteiger partial charge in [-0.25, -0.2) is 0 Å². The average molecular weight is 353 g/mol. The highest BCUT2D eigenvalue weighted by Crippen LogP contribution is 2.65. The molecule has 0 aromatic rings. The molecule has 0 heterocycles. The van der Waals surface area contributed by atoms with Gasteiger partial charge < -0.3 is 5.11 Å². The van der Waals surface area contributed by atoms with Crippen molar-refractivity contribution in [2.24, 2.45) is 35.0 Å². The number of allylic oxidation sites excluding steroid dienone is 3. The number of ketones is 1. The Labute approximate surface area is 158 Å². The highest BCUT2D eigenvalue weighted by atomic mass is 16.3. The van der Waals surface area contributed by atoms with Gasteiger partial charge in [-0.2, -0.15) is 0 Å². The van der Waals surface area contributed by atoms with Crippen LogP contribution < -0.4 is 0 Å². The predicted molar refractivity (Wildman–Crippen MR) is 104 cm³/mol. The first kappa shape index (κ1) is 18.1. The molecule has 0 aromatic carbocycles. The lowest BCUT2D eigenvalue weighted by molar-refractivity contribution is -0.117. The summed E-state index contributed by atoms with van der Waals surface area (Å²) in [6.07, 6.45) is 12.7. The number of carbonyl (C=O) groups is 1. The minimum atomic E-state index is -0.847. The zero-order chi connectivity index (χ0) is 18.5. The van der Waals surface area contributed by atoms with Crippen LogP contribution in [0.2, 0.25) is 0 Å². The molecule has 2 heteroatoms. The first-order valence-corrected chi connectivity index (χ1v) is 10.5. The molecule has 1 N–H and O–H groups in total. The van der Waals surface area contributed by atoms with Gasteiger partial charge in [-0.15, -0.1) is 0 Å². The first-order chi connectivity index (χ1) is 12.4. The summed E-state index contributed by atoms with van der Waals surface area (Å²) < 4.78 is 0. The van der Waals surface area contributed by atoms with Crippen LogP contribution in [0.3, 0.4) is 0 Å². The van der Waals surface area contributed by atoms with Crippen molar-refractivity contribution in [1.29, 1.82) is 0 Å². The van der Waals surface area contributed by atoms with Gasteiger partial charge in [0.15, 0.2) is 5.78 Å². The Hall–Kier alpha value is -1.33. The van der Waals surface area contributed by atoms with E-state index < -0.39 is 5.60 Å². The molecule has 0 aliphatic heterocycles. The number of rotatable bonds is 0. The van der Waals surface area contributed by atoms with E-state index in [0.717, 1.165) is 38.5 Å². The van der Waals surface area contributed by atoms with Crippen molar-refractivity contribution >= 4 is 5.78 Å². The Bertz CT molecular complexity index is 720. The van der Waals surface area contributed by atoms with Crippen molar-refractivity contribution in [3.05, 3.63) is 23.8 Å². The van der Waals surface area contributed by atoms with Crippen molar-refractivity contribution < 1.29 is 9.90 Å². The Morgan fingerprint density at radius 1 is 1.27 bits per heavy atom. The molecule has 0 saturated heterocycles. The van der Waals surface area contributed by atoms with Gasteiger partial charge in [-0.1, -0.05) is 37.3 Å². The van der Waals surface area contributed by atoms with Crippen molar-refractivity contribution in [2.75, 3.05) is 0 Å². The van der Waals surface area contributed by atoms with E-state index in [2.05, 4.69) is 25.7 Å². The van der Waals surface area contributed by atoms with Crippen LogP contribution in [-0.4, -0.2) is 16.5 Å². The van der Waals surface area contributed by atoms with E-state index in [1.54, 1.807) is 0 Å². The number of carbonyl (C=O) groups excluding carboxylic acids is 1. The second kappa shape index (κ2) is 6.38. The molecule has 0 radical (unpaired) electrons. The molecule has 3 saturated carbocycles. The SMILES string of the molecule is C/C=C/C#C[C@]1(O)CCC2C3C(CC[C@@]21C)C1CCC(=O)C=C1C[C@H]3C. The molecule has 3 fully saturated rings. The third kappa shape index (κ3) is 2.55. The second-order valence-corrected chi connectivity index (χ2v) is 9.48. The Morgan fingerprint density at radius 3 is 2.85 bits per heavy atom. The molecule has 0 amide bonds. The van der Waals surface area contributed by atoms with E-state index >= 15 is 0 Å².